The molecule has 5 heteroatoms. The molecule has 0 bridgehead atoms. The maximum absolute atomic E-state index is 10.7. The summed E-state index contributed by atoms with van der Waals surface area (Å²) in [5.41, 5.74) is 2.11. The van der Waals surface area contributed by atoms with Gasteiger partial charge in [-0.25, -0.2) is 0 Å². The first-order valence-electron chi connectivity index (χ1n) is 7.49. The first-order valence-corrected chi connectivity index (χ1v) is 7.49. The molecule has 0 fully saturated rings. The van der Waals surface area contributed by atoms with E-state index in [9.17, 15) is 4.79 Å². The Morgan fingerprint density at radius 2 is 1.87 bits per heavy atom. The summed E-state index contributed by atoms with van der Waals surface area (Å²) in [5, 5.41) is 8.78. The minimum absolute atomic E-state index is 0.0259. The number of carboxylic acid groups (broad SMARTS) is 1. The molecule has 5 nitrogen and oxygen atoms in total. The smallest absolute Gasteiger partial charge is 0.317 e. The van der Waals surface area contributed by atoms with Gasteiger partial charge in [0, 0.05) is 6.54 Å². The van der Waals surface area contributed by atoms with Crippen molar-refractivity contribution in [3.8, 4) is 11.5 Å². The fourth-order valence-corrected chi connectivity index (χ4v) is 2.62. The molecule has 3 rings (SSSR count). The van der Waals surface area contributed by atoms with E-state index >= 15 is 0 Å². The Morgan fingerprint density at radius 3 is 2.57 bits per heavy atom. The monoisotopic (exact) mass is 313 g/mol. The molecule has 1 aliphatic rings. The Labute approximate surface area is 135 Å². The van der Waals surface area contributed by atoms with Crippen molar-refractivity contribution in [1.29, 1.82) is 0 Å². The van der Waals surface area contributed by atoms with Gasteiger partial charge >= 0.3 is 5.97 Å². The van der Waals surface area contributed by atoms with Crippen molar-refractivity contribution in [2.45, 2.75) is 12.6 Å². The summed E-state index contributed by atoms with van der Waals surface area (Å²) in [7, 11) is 1.79. The second kappa shape index (κ2) is 6.71. The Bertz CT molecular complexity index is 684. The predicted molar refractivity (Wildman–Crippen MR) is 85.7 cm³/mol. The SMILES string of the molecule is CN(CC(=O)O)Cc1ccc([C@H]2COc3ccccc3O2)cc1. The number of nitrogens with zero attached hydrogens (tertiary/aromatic N) is 1. The molecule has 1 atom stereocenters. The van der Waals surface area contributed by atoms with E-state index in [4.69, 9.17) is 14.6 Å². The average molecular weight is 313 g/mol. The third-order valence-corrected chi connectivity index (χ3v) is 3.72. The predicted octanol–water partition coefficient (Wildman–Crippen LogP) is 2.72. The van der Waals surface area contributed by atoms with Crippen LogP contribution in [0.2, 0.25) is 0 Å². The van der Waals surface area contributed by atoms with E-state index in [1.807, 2.05) is 48.5 Å². The van der Waals surface area contributed by atoms with Crippen LogP contribution in [-0.4, -0.2) is 36.2 Å². The van der Waals surface area contributed by atoms with Crippen molar-refractivity contribution in [3.63, 3.8) is 0 Å². The minimum atomic E-state index is -0.824. The van der Waals surface area contributed by atoms with Gasteiger partial charge in [0.1, 0.15) is 6.61 Å². The highest BCUT2D eigenvalue weighted by atomic mass is 16.6. The van der Waals surface area contributed by atoms with Crippen LogP contribution in [-0.2, 0) is 11.3 Å². The fourth-order valence-electron chi connectivity index (χ4n) is 2.62. The lowest BCUT2D eigenvalue weighted by Gasteiger charge is -2.26. The van der Waals surface area contributed by atoms with E-state index in [0.717, 1.165) is 22.6 Å². The number of likely N-dealkylation sites (N-methyl/N-ethyl adjacent to an activating group) is 1. The van der Waals surface area contributed by atoms with Crippen LogP contribution in [0.5, 0.6) is 11.5 Å². The molecule has 23 heavy (non-hydrogen) atoms. The number of ether oxygens (including phenoxy) is 2. The van der Waals surface area contributed by atoms with E-state index in [0.29, 0.717) is 13.2 Å². The molecular formula is C18H19NO4. The van der Waals surface area contributed by atoms with E-state index < -0.39 is 5.97 Å². The molecule has 0 aliphatic carbocycles. The van der Waals surface area contributed by atoms with Crippen LogP contribution < -0.4 is 9.47 Å². The molecule has 0 aromatic heterocycles. The summed E-state index contributed by atoms with van der Waals surface area (Å²) < 4.78 is 11.7. The standard InChI is InChI=1S/C18H19NO4/c1-19(11-18(20)21)10-13-6-8-14(9-7-13)17-12-22-15-4-2-3-5-16(15)23-17/h2-9,17H,10-12H2,1H3,(H,20,21)/t17-/m1/s1. The van der Waals surface area contributed by atoms with Gasteiger partial charge in [-0.1, -0.05) is 36.4 Å². The summed E-state index contributed by atoms with van der Waals surface area (Å²) in [6.45, 7) is 1.10. The Balaban J connectivity index is 1.65. The van der Waals surface area contributed by atoms with Crippen molar-refractivity contribution >= 4 is 5.97 Å². The maximum Gasteiger partial charge on any atom is 0.317 e. The molecule has 2 aromatic rings. The molecular weight excluding hydrogens is 294 g/mol. The molecule has 0 radical (unpaired) electrons. The number of hydrogen-bond donors (Lipinski definition) is 1. The Kier molecular flexibility index (Phi) is 4.48. The van der Waals surface area contributed by atoms with Crippen LogP contribution >= 0.6 is 0 Å². The number of aliphatic carboxylic acids is 1. The van der Waals surface area contributed by atoms with Gasteiger partial charge in [0.25, 0.3) is 0 Å². The van der Waals surface area contributed by atoms with Crippen LogP contribution in [0.4, 0.5) is 0 Å². The number of carboxylic acids is 1. The van der Waals surface area contributed by atoms with Crippen molar-refractivity contribution in [3.05, 3.63) is 59.7 Å². The lowest BCUT2D eigenvalue weighted by Crippen LogP contribution is -2.25. The van der Waals surface area contributed by atoms with E-state index in [1.165, 1.54) is 0 Å². The minimum Gasteiger partial charge on any atom is -0.485 e. The third-order valence-electron chi connectivity index (χ3n) is 3.72. The quantitative estimate of drug-likeness (QED) is 0.920. The van der Waals surface area contributed by atoms with Gasteiger partial charge in [0.2, 0.25) is 0 Å². The summed E-state index contributed by atoms with van der Waals surface area (Å²) in [5.74, 6) is 0.709. The first-order chi connectivity index (χ1) is 11.1. The van der Waals surface area contributed by atoms with Gasteiger partial charge in [-0.3, -0.25) is 9.69 Å². The van der Waals surface area contributed by atoms with Gasteiger partial charge in [-0.2, -0.15) is 0 Å². The van der Waals surface area contributed by atoms with Crippen molar-refractivity contribution in [2.24, 2.45) is 0 Å². The largest absolute Gasteiger partial charge is 0.485 e. The van der Waals surface area contributed by atoms with Crippen LogP contribution in [0.1, 0.15) is 17.2 Å². The second-order valence-corrected chi connectivity index (χ2v) is 5.67. The van der Waals surface area contributed by atoms with E-state index in [1.54, 1.807) is 11.9 Å². The topological polar surface area (TPSA) is 59.0 Å². The number of fused-ring (bicyclic) bond motifs is 1. The fraction of sp³-hybridized carbons (Fsp3) is 0.278. The number of para-hydroxylation sites is 2. The summed E-state index contributed by atoms with van der Waals surface area (Å²) in [4.78, 5) is 12.4. The molecule has 1 N–H and O–H groups in total. The molecule has 0 saturated carbocycles. The van der Waals surface area contributed by atoms with Gasteiger partial charge in [0.05, 0.1) is 6.54 Å². The molecule has 0 amide bonds. The third kappa shape index (κ3) is 3.81. The number of hydrogen-bond acceptors (Lipinski definition) is 4. The molecule has 0 saturated heterocycles. The molecule has 1 aliphatic heterocycles. The molecule has 2 aromatic carbocycles. The summed E-state index contributed by atoms with van der Waals surface area (Å²) in [6.07, 6.45) is -0.129. The Morgan fingerprint density at radius 1 is 1.17 bits per heavy atom. The zero-order chi connectivity index (χ0) is 16.2. The first kappa shape index (κ1) is 15.4. The van der Waals surface area contributed by atoms with E-state index in [2.05, 4.69) is 0 Å². The summed E-state index contributed by atoms with van der Waals surface area (Å²) >= 11 is 0. The number of benzene rings is 2. The average Bonchev–Trinajstić information content (AvgIpc) is 2.54. The molecule has 0 spiro atoms. The Hall–Kier alpha value is -2.53. The molecule has 120 valence electrons. The molecule has 0 unspecified atom stereocenters. The van der Waals surface area contributed by atoms with Gasteiger partial charge < -0.3 is 14.6 Å². The van der Waals surface area contributed by atoms with Crippen LogP contribution in [0.15, 0.2) is 48.5 Å². The summed E-state index contributed by atoms with van der Waals surface area (Å²) in [6, 6.07) is 15.6. The number of rotatable bonds is 5. The van der Waals surface area contributed by atoms with Crippen molar-refractivity contribution in [1.82, 2.24) is 4.90 Å². The van der Waals surface area contributed by atoms with Gasteiger partial charge in [0.15, 0.2) is 17.6 Å². The highest BCUT2D eigenvalue weighted by Crippen LogP contribution is 2.35. The van der Waals surface area contributed by atoms with Crippen LogP contribution in [0.25, 0.3) is 0 Å². The molecule has 1 heterocycles. The number of carbonyl (C=O) groups is 1. The van der Waals surface area contributed by atoms with Crippen LogP contribution in [0, 0.1) is 0 Å². The van der Waals surface area contributed by atoms with Crippen LogP contribution in [0.3, 0.4) is 0 Å². The van der Waals surface area contributed by atoms with E-state index in [-0.39, 0.29) is 12.6 Å². The zero-order valence-electron chi connectivity index (χ0n) is 12.9. The van der Waals surface area contributed by atoms with Gasteiger partial charge in [-0.05, 0) is 30.3 Å². The highest BCUT2D eigenvalue weighted by Gasteiger charge is 2.22. The lowest BCUT2D eigenvalue weighted by atomic mass is 10.1. The van der Waals surface area contributed by atoms with Crippen molar-refractivity contribution < 1.29 is 19.4 Å². The maximum atomic E-state index is 10.7. The lowest BCUT2D eigenvalue weighted by molar-refractivity contribution is -0.138. The van der Waals surface area contributed by atoms with Crippen molar-refractivity contribution in [2.75, 3.05) is 20.2 Å². The normalized spacial score (nSPS) is 16.3. The zero-order valence-corrected chi connectivity index (χ0v) is 12.9. The van der Waals surface area contributed by atoms with Gasteiger partial charge in [-0.15, -0.1) is 0 Å². The second-order valence-electron chi connectivity index (χ2n) is 5.67. The highest BCUT2D eigenvalue weighted by molar-refractivity contribution is 5.69.